The van der Waals surface area contributed by atoms with Crippen LogP contribution in [0, 0.1) is 5.82 Å². The lowest BCUT2D eigenvalue weighted by Crippen LogP contribution is -2.47. The minimum atomic E-state index is -0.480. The third-order valence-electron chi connectivity index (χ3n) is 3.67. The highest BCUT2D eigenvalue weighted by Crippen LogP contribution is 2.25. The van der Waals surface area contributed by atoms with E-state index in [-0.39, 0.29) is 23.7 Å². The first kappa shape index (κ1) is 12.9. The fraction of sp³-hybridized carbons (Fsp3) is 0.500. The molecular formula is C14H19FN2O. The van der Waals surface area contributed by atoms with E-state index in [2.05, 4.69) is 13.8 Å². The highest BCUT2D eigenvalue weighted by molar-refractivity contribution is 5.95. The van der Waals surface area contributed by atoms with Crippen LogP contribution in [0.5, 0.6) is 0 Å². The van der Waals surface area contributed by atoms with E-state index in [4.69, 9.17) is 5.73 Å². The van der Waals surface area contributed by atoms with Crippen LogP contribution in [0.3, 0.4) is 0 Å². The van der Waals surface area contributed by atoms with E-state index < -0.39 is 5.82 Å². The number of halogens is 1. The first-order valence-electron chi connectivity index (χ1n) is 6.38. The maximum absolute atomic E-state index is 13.1. The molecule has 2 atom stereocenters. The minimum Gasteiger partial charge on any atom is -0.396 e. The number of amides is 1. The monoisotopic (exact) mass is 250 g/mol. The molecule has 0 bridgehead atoms. The van der Waals surface area contributed by atoms with E-state index in [0.717, 1.165) is 19.3 Å². The maximum atomic E-state index is 13.1. The molecule has 1 heterocycles. The highest BCUT2D eigenvalue weighted by Gasteiger charge is 2.29. The number of nitrogens with two attached hydrogens (primary N) is 1. The van der Waals surface area contributed by atoms with Crippen LogP contribution >= 0.6 is 0 Å². The zero-order chi connectivity index (χ0) is 13.3. The summed E-state index contributed by atoms with van der Waals surface area (Å²) in [7, 11) is 0. The number of likely N-dealkylation sites (tertiary alicyclic amines) is 1. The number of carbonyl (C=O) groups excluding carboxylic acids is 1. The van der Waals surface area contributed by atoms with E-state index in [9.17, 15) is 9.18 Å². The van der Waals surface area contributed by atoms with Crippen LogP contribution in [0.1, 0.15) is 43.5 Å². The quantitative estimate of drug-likeness (QED) is 0.779. The molecule has 0 aliphatic carbocycles. The Bertz CT molecular complexity index is 451. The second-order valence-corrected chi connectivity index (χ2v) is 5.08. The van der Waals surface area contributed by atoms with Gasteiger partial charge in [-0.05, 0) is 51.3 Å². The van der Waals surface area contributed by atoms with Gasteiger partial charge in [0.2, 0.25) is 0 Å². The van der Waals surface area contributed by atoms with Gasteiger partial charge in [-0.3, -0.25) is 4.79 Å². The number of hydrogen-bond donors (Lipinski definition) is 1. The van der Waals surface area contributed by atoms with Crippen LogP contribution in [0.25, 0.3) is 0 Å². The number of piperidine rings is 1. The Balaban J connectivity index is 2.26. The molecule has 1 aliphatic heterocycles. The molecule has 2 N–H and O–H groups in total. The van der Waals surface area contributed by atoms with Gasteiger partial charge in [0.1, 0.15) is 5.82 Å². The molecular weight excluding hydrogens is 231 g/mol. The lowest BCUT2D eigenvalue weighted by atomic mass is 9.96. The third-order valence-corrected chi connectivity index (χ3v) is 3.67. The molecule has 1 aliphatic rings. The molecule has 1 amide bonds. The van der Waals surface area contributed by atoms with E-state index in [1.54, 1.807) is 0 Å². The van der Waals surface area contributed by atoms with Crippen molar-refractivity contribution in [3.63, 3.8) is 0 Å². The van der Waals surface area contributed by atoms with Gasteiger partial charge in [0, 0.05) is 17.6 Å². The van der Waals surface area contributed by atoms with Gasteiger partial charge in [-0.1, -0.05) is 0 Å². The molecule has 1 aromatic rings. The number of anilines is 1. The number of rotatable bonds is 1. The third kappa shape index (κ3) is 2.33. The number of carbonyl (C=O) groups is 1. The Morgan fingerprint density at radius 3 is 2.50 bits per heavy atom. The summed E-state index contributed by atoms with van der Waals surface area (Å²) >= 11 is 0. The van der Waals surface area contributed by atoms with Crippen molar-refractivity contribution >= 4 is 11.6 Å². The van der Waals surface area contributed by atoms with Crippen molar-refractivity contribution in [1.29, 1.82) is 0 Å². The number of nitrogens with zero attached hydrogens (tertiary/aromatic N) is 1. The van der Waals surface area contributed by atoms with Crippen LogP contribution in [0.2, 0.25) is 0 Å². The molecule has 4 heteroatoms. The lowest BCUT2D eigenvalue weighted by Gasteiger charge is -2.39. The van der Waals surface area contributed by atoms with Crippen LogP contribution < -0.4 is 5.73 Å². The molecule has 0 unspecified atom stereocenters. The van der Waals surface area contributed by atoms with E-state index >= 15 is 0 Å². The summed E-state index contributed by atoms with van der Waals surface area (Å²) in [6, 6.07) is 4.63. The van der Waals surface area contributed by atoms with Crippen LogP contribution in [-0.4, -0.2) is 22.9 Å². The van der Waals surface area contributed by atoms with Crippen LogP contribution in [0.4, 0.5) is 10.1 Å². The van der Waals surface area contributed by atoms with Gasteiger partial charge in [-0.25, -0.2) is 4.39 Å². The first-order valence-corrected chi connectivity index (χ1v) is 6.38. The average Bonchev–Trinajstić information content (AvgIpc) is 2.32. The smallest absolute Gasteiger partial charge is 0.254 e. The van der Waals surface area contributed by atoms with Crippen LogP contribution in [0.15, 0.2) is 18.2 Å². The summed E-state index contributed by atoms with van der Waals surface area (Å²) in [6.45, 7) is 4.11. The van der Waals surface area contributed by atoms with Gasteiger partial charge in [-0.2, -0.15) is 0 Å². The summed E-state index contributed by atoms with van der Waals surface area (Å²) in [5.41, 5.74) is 6.00. The van der Waals surface area contributed by atoms with Crippen molar-refractivity contribution in [1.82, 2.24) is 4.90 Å². The SMILES string of the molecule is C[C@@H]1CCC[C@H](C)N1C(=O)c1ccc(F)c(N)c1. The second kappa shape index (κ2) is 4.96. The Hall–Kier alpha value is -1.58. The first-order chi connectivity index (χ1) is 8.50. The summed E-state index contributed by atoms with van der Waals surface area (Å²) in [5, 5.41) is 0. The normalized spacial score (nSPS) is 24.1. The lowest BCUT2D eigenvalue weighted by molar-refractivity contribution is 0.0511. The fourth-order valence-corrected chi connectivity index (χ4v) is 2.65. The van der Waals surface area contributed by atoms with Gasteiger partial charge in [-0.15, -0.1) is 0 Å². The highest BCUT2D eigenvalue weighted by atomic mass is 19.1. The van der Waals surface area contributed by atoms with Crippen molar-refractivity contribution < 1.29 is 9.18 Å². The Labute approximate surface area is 107 Å². The number of benzene rings is 1. The predicted molar refractivity (Wildman–Crippen MR) is 69.8 cm³/mol. The molecule has 18 heavy (non-hydrogen) atoms. The Kier molecular flexibility index (Phi) is 3.55. The fourth-order valence-electron chi connectivity index (χ4n) is 2.65. The summed E-state index contributed by atoms with van der Waals surface area (Å²) in [4.78, 5) is 14.3. The second-order valence-electron chi connectivity index (χ2n) is 5.08. The molecule has 1 saturated heterocycles. The zero-order valence-corrected chi connectivity index (χ0v) is 10.8. The maximum Gasteiger partial charge on any atom is 0.254 e. The topological polar surface area (TPSA) is 46.3 Å². The van der Waals surface area contributed by atoms with Crippen molar-refractivity contribution in [2.45, 2.75) is 45.2 Å². The van der Waals surface area contributed by atoms with Gasteiger partial charge in [0.15, 0.2) is 0 Å². The molecule has 3 nitrogen and oxygen atoms in total. The van der Waals surface area contributed by atoms with Crippen LogP contribution in [-0.2, 0) is 0 Å². The summed E-state index contributed by atoms with van der Waals surface area (Å²) in [6.07, 6.45) is 3.19. The van der Waals surface area contributed by atoms with Gasteiger partial charge < -0.3 is 10.6 Å². The molecule has 0 saturated carbocycles. The zero-order valence-electron chi connectivity index (χ0n) is 10.8. The average molecular weight is 250 g/mol. The Morgan fingerprint density at radius 2 is 1.94 bits per heavy atom. The van der Waals surface area contributed by atoms with Gasteiger partial charge in [0.05, 0.1) is 5.69 Å². The van der Waals surface area contributed by atoms with Crippen molar-refractivity contribution in [2.24, 2.45) is 0 Å². The minimum absolute atomic E-state index is 0.0261. The molecule has 0 aromatic heterocycles. The van der Waals surface area contributed by atoms with E-state index in [1.807, 2.05) is 4.90 Å². The number of hydrogen-bond acceptors (Lipinski definition) is 2. The molecule has 1 fully saturated rings. The predicted octanol–water partition coefficient (Wildman–Crippen LogP) is 2.81. The molecule has 0 radical (unpaired) electrons. The van der Waals surface area contributed by atoms with Gasteiger partial charge in [0.25, 0.3) is 5.91 Å². The Morgan fingerprint density at radius 1 is 1.33 bits per heavy atom. The molecule has 2 rings (SSSR count). The number of nitrogen functional groups attached to an aromatic ring is 1. The molecule has 0 spiro atoms. The standard InChI is InChI=1S/C14H19FN2O/c1-9-4-3-5-10(2)17(9)14(18)11-6-7-12(15)13(16)8-11/h6-10H,3-5,16H2,1-2H3/t9-,10+. The van der Waals surface area contributed by atoms with Crippen molar-refractivity contribution in [2.75, 3.05) is 5.73 Å². The van der Waals surface area contributed by atoms with E-state index in [0.29, 0.717) is 5.56 Å². The summed E-state index contributed by atoms with van der Waals surface area (Å²) < 4.78 is 13.1. The molecule has 1 aromatic carbocycles. The van der Waals surface area contributed by atoms with Crippen molar-refractivity contribution in [3.8, 4) is 0 Å². The molecule has 98 valence electrons. The van der Waals surface area contributed by atoms with Gasteiger partial charge >= 0.3 is 0 Å². The summed E-state index contributed by atoms with van der Waals surface area (Å²) in [5.74, 6) is -0.535. The van der Waals surface area contributed by atoms with E-state index in [1.165, 1.54) is 18.2 Å². The largest absolute Gasteiger partial charge is 0.396 e. The van der Waals surface area contributed by atoms with Crippen molar-refractivity contribution in [3.05, 3.63) is 29.6 Å².